The number of hydrogen-bond acceptors (Lipinski definition) is 2. The van der Waals surface area contributed by atoms with E-state index in [1.807, 2.05) is 0 Å². The summed E-state index contributed by atoms with van der Waals surface area (Å²) < 4.78 is 0. The van der Waals surface area contributed by atoms with E-state index >= 15 is 0 Å². The lowest BCUT2D eigenvalue weighted by atomic mass is 10.1. The second-order valence-electron chi connectivity index (χ2n) is 2.06. The van der Waals surface area contributed by atoms with Crippen LogP contribution in [0.25, 0.3) is 0 Å². The average Bonchev–Trinajstić information content (AvgIpc) is 2.04. The predicted molar refractivity (Wildman–Crippen MR) is 47.2 cm³/mol. The zero-order chi connectivity index (χ0) is 8.27. The molecule has 0 saturated carbocycles. The molecule has 0 bridgehead atoms. The first-order valence-corrected chi connectivity index (χ1v) is 3.46. The molecule has 0 amide bonds. The Hall–Kier alpha value is -1.15. The second kappa shape index (κ2) is 3.30. The van der Waals surface area contributed by atoms with Crippen LogP contribution in [-0.4, -0.2) is 12.4 Å². The van der Waals surface area contributed by atoms with Crippen molar-refractivity contribution in [2.75, 3.05) is 0 Å². The molecule has 0 spiro atoms. The summed E-state index contributed by atoms with van der Waals surface area (Å²) in [6.45, 7) is 0. The van der Waals surface area contributed by atoms with Crippen LogP contribution in [0.3, 0.4) is 0 Å². The van der Waals surface area contributed by atoms with E-state index in [1.165, 1.54) is 12.4 Å². The fourth-order valence-corrected chi connectivity index (χ4v) is 0.983. The molecule has 1 aromatic rings. The van der Waals surface area contributed by atoms with Crippen molar-refractivity contribution in [2.45, 2.75) is 0 Å². The number of hydrogen-bond donors (Lipinski definition) is 2. The van der Waals surface area contributed by atoms with E-state index in [0.717, 1.165) is 0 Å². The van der Waals surface area contributed by atoms with Crippen molar-refractivity contribution in [1.29, 1.82) is 10.8 Å². The van der Waals surface area contributed by atoms with Crippen molar-refractivity contribution in [3.8, 4) is 0 Å². The molecule has 1 aromatic carbocycles. The van der Waals surface area contributed by atoms with Gasteiger partial charge < -0.3 is 10.8 Å². The lowest BCUT2D eigenvalue weighted by Gasteiger charge is -1.97. The molecule has 0 radical (unpaired) electrons. The molecular weight excluding hydrogens is 160 g/mol. The summed E-state index contributed by atoms with van der Waals surface area (Å²) in [6, 6.07) is 5.08. The van der Waals surface area contributed by atoms with Crippen LogP contribution in [0.4, 0.5) is 0 Å². The Morgan fingerprint density at radius 2 is 1.73 bits per heavy atom. The molecule has 0 aliphatic rings. The molecule has 3 heteroatoms. The van der Waals surface area contributed by atoms with Gasteiger partial charge in [-0.05, 0) is 12.1 Å². The normalized spacial score (nSPS) is 9.18. The van der Waals surface area contributed by atoms with Gasteiger partial charge in [-0.1, -0.05) is 17.7 Å². The predicted octanol–water partition coefficient (Wildman–Crippen LogP) is 2.34. The Bertz CT molecular complexity index is 294. The van der Waals surface area contributed by atoms with Gasteiger partial charge in [-0.2, -0.15) is 0 Å². The highest BCUT2D eigenvalue weighted by atomic mass is 35.5. The van der Waals surface area contributed by atoms with Crippen molar-refractivity contribution < 1.29 is 0 Å². The van der Waals surface area contributed by atoms with Crippen LogP contribution in [0.1, 0.15) is 11.1 Å². The minimum atomic E-state index is 0.592. The van der Waals surface area contributed by atoms with E-state index in [0.29, 0.717) is 16.1 Å². The fraction of sp³-hybridized carbons (Fsp3) is 0. The van der Waals surface area contributed by atoms with Gasteiger partial charge in [0.05, 0.1) is 0 Å². The van der Waals surface area contributed by atoms with Gasteiger partial charge in [0.1, 0.15) is 0 Å². The molecule has 0 heterocycles. The maximum Gasteiger partial charge on any atom is 0.0412 e. The monoisotopic (exact) mass is 166 g/mol. The molecule has 0 atom stereocenters. The average molecular weight is 167 g/mol. The SMILES string of the molecule is N=Cc1ccc(Cl)cc1C=N. The van der Waals surface area contributed by atoms with Gasteiger partial charge in [-0.15, -0.1) is 0 Å². The molecule has 0 fully saturated rings. The van der Waals surface area contributed by atoms with E-state index in [-0.39, 0.29) is 0 Å². The fourth-order valence-electron chi connectivity index (χ4n) is 0.802. The third kappa shape index (κ3) is 1.65. The van der Waals surface area contributed by atoms with E-state index < -0.39 is 0 Å². The molecule has 0 unspecified atom stereocenters. The first-order valence-electron chi connectivity index (χ1n) is 3.08. The van der Waals surface area contributed by atoms with Crippen molar-refractivity contribution in [3.63, 3.8) is 0 Å². The number of halogens is 1. The van der Waals surface area contributed by atoms with Crippen LogP contribution in [-0.2, 0) is 0 Å². The Morgan fingerprint density at radius 1 is 1.09 bits per heavy atom. The third-order valence-electron chi connectivity index (χ3n) is 1.36. The largest absolute Gasteiger partial charge is 0.308 e. The lowest BCUT2D eigenvalue weighted by molar-refractivity contribution is 1.50. The zero-order valence-corrected chi connectivity index (χ0v) is 6.52. The molecule has 0 aliphatic carbocycles. The summed E-state index contributed by atoms with van der Waals surface area (Å²) in [5.74, 6) is 0. The molecule has 0 aromatic heterocycles. The highest BCUT2D eigenvalue weighted by Gasteiger charge is 1.96. The van der Waals surface area contributed by atoms with E-state index in [9.17, 15) is 0 Å². The summed E-state index contributed by atoms with van der Waals surface area (Å²) in [5.41, 5.74) is 1.39. The maximum atomic E-state index is 7.00. The summed E-state index contributed by atoms with van der Waals surface area (Å²) >= 11 is 5.67. The number of nitrogens with one attached hydrogen (secondary N) is 2. The van der Waals surface area contributed by atoms with Gasteiger partial charge >= 0.3 is 0 Å². The summed E-state index contributed by atoms with van der Waals surface area (Å²) in [7, 11) is 0. The van der Waals surface area contributed by atoms with Crippen LogP contribution in [0.2, 0.25) is 5.02 Å². The Labute approximate surface area is 69.8 Å². The highest BCUT2D eigenvalue weighted by Crippen LogP contribution is 2.12. The standard InChI is InChI=1S/C8H7ClN2/c9-8-2-1-6(4-10)7(3-8)5-11/h1-5,10-11H. The van der Waals surface area contributed by atoms with Crippen molar-refractivity contribution in [2.24, 2.45) is 0 Å². The van der Waals surface area contributed by atoms with Crippen LogP contribution in [0.5, 0.6) is 0 Å². The maximum absolute atomic E-state index is 7.00. The van der Waals surface area contributed by atoms with E-state index in [2.05, 4.69) is 0 Å². The molecule has 1 rings (SSSR count). The smallest absolute Gasteiger partial charge is 0.0412 e. The molecule has 0 saturated heterocycles. The first-order chi connectivity index (χ1) is 5.27. The molecule has 2 nitrogen and oxygen atoms in total. The lowest BCUT2D eigenvalue weighted by Crippen LogP contribution is -1.89. The van der Waals surface area contributed by atoms with Crippen LogP contribution in [0.15, 0.2) is 18.2 Å². The molecule has 0 aliphatic heterocycles. The van der Waals surface area contributed by atoms with Gasteiger partial charge in [-0.3, -0.25) is 0 Å². The zero-order valence-electron chi connectivity index (χ0n) is 5.76. The minimum absolute atomic E-state index is 0.592. The van der Waals surface area contributed by atoms with Crippen molar-refractivity contribution in [3.05, 3.63) is 34.3 Å². The van der Waals surface area contributed by atoms with Crippen LogP contribution < -0.4 is 0 Å². The summed E-state index contributed by atoms with van der Waals surface area (Å²) in [6.07, 6.45) is 2.39. The van der Waals surface area contributed by atoms with Gasteiger partial charge in [0.15, 0.2) is 0 Å². The Morgan fingerprint density at radius 3 is 2.27 bits per heavy atom. The van der Waals surface area contributed by atoms with Crippen LogP contribution >= 0.6 is 11.6 Å². The van der Waals surface area contributed by atoms with Gasteiger partial charge in [0.2, 0.25) is 0 Å². The van der Waals surface area contributed by atoms with E-state index in [1.54, 1.807) is 18.2 Å². The Kier molecular flexibility index (Phi) is 2.39. The summed E-state index contributed by atoms with van der Waals surface area (Å²) in [5, 5.41) is 14.6. The van der Waals surface area contributed by atoms with Gasteiger partial charge in [-0.25, -0.2) is 0 Å². The minimum Gasteiger partial charge on any atom is -0.308 e. The Balaban J connectivity index is 3.26. The van der Waals surface area contributed by atoms with Crippen molar-refractivity contribution >= 4 is 24.0 Å². The highest BCUT2D eigenvalue weighted by molar-refractivity contribution is 6.31. The number of rotatable bonds is 2. The van der Waals surface area contributed by atoms with Crippen LogP contribution in [0, 0.1) is 10.8 Å². The summed E-state index contributed by atoms with van der Waals surface area (Å²) in [4.78, 5) is 0. The topological polar surface area (TPSA) is 47.7 Å². The molecular formula is C8H7ClN2. The molecule has 11 heavy (non-hydrogen) atoms. The van der Waals surface area contributed by atoms with Gasteiger partial charge in [0, 0.05) is 28.6 Å². The van der Waals surface area contributed by atoms with Gasteiger partial charge in [0.25, 0.3) is 0 Å². The first kappa shape index (κ1) is 7.95. The second-order valence-corrected chi connectivity index (χ2v) is 2.50. The van der Waals surface area contributed by atoms with E-state index in [4.69, 9.17) is 22.4 Å². The molecule has 56 valence electrons. The number of benzene rings is 1. The van der Waals surface area contributed by atoms with Crippen molar-refractivity contribution in [1.82, 2.24) is 0 Å². The molecule has 2 N–H and O–H groups in total. The third-order valence-corrected chi connectivity index (χ3v) is 1.59. The quantitative estimate of drug-likeness (QED) is 0.634.